The Labute approximate surface area is 116 Å². The molecular weight excluding hydrogens is 294 g/mol. The van der Waals surface area contributed by atoms with Gasteiger partial charge in [-0.2, -0.15) is 0 Å². The van der Waals surface area contributed by atoms with Gasteiger partial charge in [-0.15, -0.1) is 6.42 Å². The molecule has 0 fully saturated rings. The van der Waals surface area contributed by atoms with Crippen molar-refractivity contribution in [3.63, 3.8) is 0 Å². The normalized spacial score (nSPS) is 11.4. The highest BCUT2D eigenvalue weighted by molar-refractivity contribution is 9.10. The number of rotatable bonds is 5. The van der Waals surface area contributed by atoms with Gasteiger partial charge >= 0.3 is 0 Å². The van der Waals surface area contributed by atoms with Gasteiger partial charge in [-0.25, -0.2) is 0 Å². The van der Waals surface area contributed by atoms with Gasteiger partial charge in [-0.1, -0.05) is 35.2 Å². The SMILES string of the molecule is C#CC(CCC)NC(=O)c1cc(Br)ccc1OC. The predicted octanol–water partition coefficient (Wildman–Crippen LogP) is 2.99. The third kappa shape index (κ3) is 3.78. The van der Waals surface area contributed by atoms with Gasteiger partial charge in [-0.05, 0) is 24.6 Å². The Morgan fingerprint density at radius 3 is 2.89 bits per heavy atom. The number of ether oxygens (including phenoxy) is 1. The van der Waals surface area contributed by atoms with Crippen LogP contribution in [-0.4, -0.2) is 19.1 Å². The fourth-order valence-corrected chi connectivity index (χ4v) is 1.94. The van der Waals surface area contributed by atoms with Crippen molar-refractivity contribution >= 4 is 21.8 Å². The number of methoxy groups -OCH3 is 1. The Kier molecular flexibility index (Phi) is 5.73. The molecule has 0 aliphatic rings. The van der Waals surface area contributed by atoms with Gasteiger partial charge in [0.25, 0.3) is 5.91 Å². The van der Waals surface area contributed by atoms with E-state index < -0.39 is 0 Å². The van der Waals surface area contributed by atoms with Gasteiger partial charge in [0.05, 0.1) is 18.7 Å². The second kappa shape index (κ2) is 7.07. The molecule has 0 aliphatic heterocycles. The van der Waals surface area contributed by atoms with E-state index in [1.807, 2.05) is 13.0 Å². The molecule has 0 bridgehead atoms. The van der Waals surface area contributed by atoms with Crippen LogP contribution in [0.3, 0.4) is 0 Å². The number of carbonyl (C=O) groups is 1. The molecule has 18 heavy (non-hydrogen) atoms. The molecule has 1 aromatic rings. The molecule has 1 aromatic carbocycles. The molecule has 1 amide bonds. The summed E-state index contributed by atoms with van der Waals surface area (Å²) in [5.41, 5.74) is 0.475. The fourth-order valence-electron chi connectivity index (χ4n) is 1.58. The summed E-state index contributed by atoms with van der Waals surface area (Å²) in [7, 11) is 1.53. The van der Waals surface area contributed by atoms with Crippen molar-refractivity contribution in [2.75, 3.05) is 7.11 Å². The average molecular weight is 310 g/mol. The Hall–Kier alpha value is -1.47. The van der Waals surface area contributed by atoms with Crippen LogP contribution in [0.2, 0.25) is 0 Å². The van der Waals surface area contributed by atoms with Crippen molar-refractivity contribution in [1.29, 1.82) is 0 Å². The minimum absolute atomic E-state index is 0.218. The van der Waals surface area contributed by atoms with Crippen LogP contribution < -0.4 is 10.1 Å². The summed E-state index contributed by atoms with van der Waals surface area (Å²) in [5.74, 6) is 2.88. The van der Waals surface area contributed by atoms with E-state index >= 15 is 0 Å². The summed E-state index contributed by atoms with van der Waals surface area (Å²) in [6, 6.07) is 5.03. The molecule has 0 heterocycles. The summed E-state index contributed by atoms with van der Waals surface area (Å²) >= 11 is 3.33. The summed E-state index contributed by atoms with van der Waals surface area (Å²) in [6.07, 6.45) is 7.06. The summed E-state index contributed by atoms with van der Waals surface area (Å²) < 4.78 is 5.98. The molecular formula is C14H16BrNO2. The number of hydrogen-bond acceptors (Lipinski definition) is 2. The lowest BCUT2D eigenvalue weighted by Crippen LogP contribution is -2.33. The predicted molar refractivity (Wildman–Crippen MR) is 75.7 cm³/mol. The number of terminal acetylenes is 1. The smallest absolute Gasteiger partial charge is 0.256 e. The molecule has 3 nitrogen and oxygen atoms in total. The van der Waals surface area contributed by atoms with Gasteiger partial charge in [-0.3, -0.25) is 4.79 Å². The van der Waals surface area contributed by atoms with E-state index in [2.05, 4.69) is 27.2 Å². The van der Waals surface area contributed by atoms with Gasteiger partial charge in [0.15, 0.2) is 0 Å². The molecule has 0 aliphatic carbocycles. The Balaban J connectivity index is 2.90. The third-order valence-electron chi connectivity index (χ3n) is 2.49. The number of amides is 1. The Morgan fingerprint density at radius 2 is 2.33 bits per heavy atom. The van der Waals surface area contributed by atoms with E-state index in [9.17, 15) is 4.79 Å². The molecule has 1 rings (SSSR count). The van der Waals surface area contributed by atoms with Crippen LogP contribution in [0.25, 0.3) is 0 Å². The van der Waals surface area contributed by atoms with Gasteiger partial charge in [0.1, 0.15) is 5.75 Å². The topological polar surface area (TPSA) is 38.3 Å². The van der Waals surface area contributed by atoms with Crippen LogP contribution in [0.5, 0.6) is 5.75 Å². The standard InChI is InChI=1S/C14H16BrNO2/c1-4-6-11(5-2)16-14(17)12-9-10(15)7-8-13(12)18-3/h2,7-9,11H,4,6H2,1,3H3,(H,16,17). The van der Waals surface area contributed by atoms with Crippen LogP contribution in [0.15, 0.2) is 22.7 Å². The fraction of sp³-hybridized carbons (Fsp3) is 0.357. The molecule has 1 N–H and O–H groups in total. The summed E-state index contributed by atoms with van der Waals surface area (Å²) in [5, 5.41) is 2.81. The largest absolute Gasteiger partial charge is 0.496 e. The van der Waals surface area contributed by atoms with Crippen LogP contribution >= 0.6 is 15.9 Å². The first-order valence-electron chi connectivity index (χ1n) is 5.72. The van der Waals surface area contributed by atoms with Crippen molar-refractivity contribution in [1.82, 2.24) is 5.32 Å². The first-order valence-corrected chi connectivity index (χ1v) is 6.52. The molecule has 0 aromatic heterocycles. The van der Waals surface area contributed by atoms with Crippen LogP contribution in [0.4, 0.5) is 0 Å². The van der Waals surface area contributed by atoms with Gasteiger partial charge in [0.2, 0.25) is 0 Å². The van der Waals surface area contributed by atoms with E-state index in [-0.39, 0.29) is 11.9 Å². The highest BCUT2D eigenvalue weighted by Gasteiger charge is 2.15. The number of carbonyl (C=O) groups excluding carboxylic acids is 1. The minimum Gasteiger partial charge on any atom is -0.496 e. The highest BCUT2D eigenvalue weighted by Crippen LogP contribution is 2.23. The summed E-state index contributed by atoms with van der Waals surface area (Å²) in [4.78, 5) is 12.1. The molecule has 0 saturated heterocycles. The van der Waals surface area contributed by atoms with Crippen molar-refractivity contribution in [2.24, 2.45) is 0 Å². The van der Waals surface area contributed by atoms with Crippen molar-refractivity contribution in [2.45, 2.75) is 25.8 Å². The Bertz CT molecular complexity index is 465. The Morgan fingerprint density at radius 1 is 1.61 bits per heavy atom. The first kappa shape index (κ1) is 14.6. The summed E-state index contributed by atoms with van der Waals surface area (Å²) in [6.45, 7) is 2.02. The second-order valence-electron chi connectivity index (χ2n) is 3.83. The zero-order chi connectivity index (χ0) is 13.5. The van der Waals surface area contributed by atoms with E-state index in [1.54, 1.807) is 12.1 Å². The lowest BCUT2D eigenvalue weighted by atomic mass is 10.1. The van der Waals surface area contributed by atoms with E-state index in [0.717, 1.165) is 17.3 Å². The van der Waals surface area contributed by atoms with Crippen molar-refractivity contribution in [3.8, 4) is 18.1 Å². The highest BCUT2D eigenvalue weighted by atomic mass is 79.9. The number of nitrogens with one attached hydrogen (secondary N) is 1. The third-order valence-corrected chi connectivity index (χ3v) is 2.98. The molecule has 4 heteroatoms. The monoisotopic (exact) mass is 309 g/mol. The molecule has 0 saturated carbocycles. The van der Waals surface area contributed by atoms with Gasteiger partial charge < -0.3 is 10.1 Å². The zero-order valence-electron chi connectivity index (χ0n) is 10.5. The minimum atomic E-state index is -0.244. The maximum atomic E-state index is 12.1. The molecule has 0 spiro atoms. The second-order valence-corrected chi connectivity index (χ2v) is 4.74. The molecule has 96 valence electrons. The van der Waals surface area contributed by atoms with Gasteiger partial charge in [0, 0.05) is 4.47 Å². The quantitative estimate of drug-likeness (QED) is 0.849. The number of halogens is 1. The van der Waals surface area contributed by atoms with Crippen LogP contribution in [-0.2, 0) is 0 Å². The maximum Gasteiger partial charge on any atom is 0.256 e. The lowest BCUT2D eigenvalue weighted by molar-refractivity contribution is 0.0941. The number of hydrogen-bond donors (Lipinski definition) is 1. The first-order chi connectivity index (χ1) is 8.62. The average Bonchev–Trinajstić information content (AvgIpc) is 2.38. The van der Waals surface area contributed by atoms with E-state index in [4.69, 9.17) is 11.2 Å². The molecule has 0 radical (unpaired) electrons. The zero-order valence-corrected chi connectivity index (χ0v) is 12.1. The molecule has 1 atom stereocenters. The van der Waals surface area contributed by atoms with Crippen LogP contribution in [0, 0.1) is 12.3 Å². The number of benzene rings is 1. The molecule has 1 unspecified atom stereocenters. The maximum absolute atomic E-state index is 12.1. The van der Waals surface area contributed by atoms with Crippen molar-refractivity contribution < 1.29 is 9.53 Å². The lowest BCUT2D eigenvalue weighted by Gasteiger charge is -2.14. The van der Waals surface area contributed by atoms with Crippen LogP contribution in [0.1, 0.15) is 30.1 Å². The van der Waals surface area contributed by atoms with E-state index in [0.29, 0.717) is 11.3 Å². The van der Waals surface area contributed by atoms with Crippen molar-refractivity contribution in [3.05, 3.63) is 28.2 Å². The van der Waals surface area contributed by atoms with E-state index in [1.165, 1.54) is 7.11 Å².